The van der Waals surface area contributed by atoms with Crippen LogP contribution in [0.4, 0.5) is 0 Å². The number of esters is 1. The first-order valence-corrected chi connectivity index (χ1v) is 8.11. The quantitative estimate of drug-likeness (QED) is 0.303. The fourth-order valence-corrected chi connectivity index (χ4v) is 2.10. The molecule has 0 saturated carbocycles. The van der Waals surface area contributed by atoms with E-state index >= 15 is 0 Å². The van der Waals surface area contributed by atoms with E-state index in [-0.39, 0.29) is 6.61 Å². The van der Waals surface area contributed by atoms with Crippen LogP contribution in [0, 0.1) is 0 Å². The molecule has 0 aliphatic heterocycles. The molecule has 1 unspecified atom stereocenters. The van der Waals surface area contributed by atoms with Crippen LogP contribution in [0.15, 0.2) is 0 Å². The summed E-state index contributed by atoms with van der Waals surface area (Å²) >= 11 is 0. The van der Waals surface area contributed by atoms with Gasteiger partial charge in [0.1, 0.15) is 6.61 Å². The van der Waals surface area contributed by atoms with Crippen molar-refractivity contribution in [2.24, 2.45) is 0 Å². The molecule has 1 N–H and O–H groups in total. The molecule has 0 spiro atoms. The highest BCUT2D eigenvalue weighted by Crippen LogP contribution is 2.19. The van der Waals surface area contributed by atoms with Crippen LogP contribution in [-0.2, 0) is 19.0 Å². The molecule has 0 aromatic heterocycles. The van der Waals surface area contributed by atoms with Crippen LogP contribution in [0.2, 0.25) is 0 Å². The number of aliphatic hydroxyl groups is 1. The molecule has 0 saturated heterocycles. The number of ether oxygens (including phenoxy) is 3. The third kappa shape index (κ3) is 12.8. The summed E-state index contributed by atoms with van der Waals surface area (Å²) in [6.45, 7) is 6.88. The summed E-state index contributed by atoms with van der Waals surface area (Å²) < 4.78 is 15.5. The minimum atomic E-state index is -1.51. The average Bonchev–Trinajstić information content (AvgIpc) is 2.42. The number of hydrogen-bond acceptors (Lipinski definition) is 5. The van der Waals surface area contributed by atoms with Gasteiger partial charge in [-0.2, -0.15) is 0 Å². The van der Waals surface area contributed by atoms with Gasteiger partial charge in [0.25, 0.3) is 0 Å². The van der Waals surface area contributed by atoms with Crippen LogP contribution in [0.3, 0.4) is 0 Å². The lowest BCUT2D eigenvalue weighted by atomic mass is 10.1. The van der Waals surface area contributed by atoms with Gasteiger partial charge < -0.3 is 19.3 Å². The van der Waals surface area contributed by atoms with Gasteiger partial charge in [0, 0.05) is 20.0 Å². The Morgan fingerprint density at radius 1 is 1.00 bits per heavy atom. The van der Waals surface area contributed by atoms with E-state index in [0.29, 0.717) is 26.2 Å². The molecule has 0 heterocycles. The van der Waals surface area contributed by atoms with E-state index in [1.165, 1.54) is 26.2 Å². The third-order valence-electron chi connectivity index (χ3n) is 3.16. The van der Waals surface area contributed by atoms with Gasteiger partial charge in [-0.25, -0.2) is 0 Å². The zero-order valence-corrected chi connectivity index (χ0v) is 13.9. The van der Waals surface area contributed by atoms with E-state index in [1.54, 1.807) is 0 Å². The van der Waals surface area contributed by atoms with Gasteiger partial charge in [0.2, 0.25) is 5.79 Å². The van der Waals surface area contributed by atoms with Crippen LogP contribution in [-0.4, -0.2) is 43.3 Å². The maximum atomic E-state index is 11.1. The predicted molar refractivity (Wildman–Crippen MR) is 82.0 cm³/mol. The van der Waals surface area contributed by atoms with Crippen molar-refractivity contribution in [3.8, 4) is 0 Å². The van der Waals surface area contributed by atoms with Crippen molar-refractivity contribution >= 4 is 5.97 Å². The molecule has 0 bridgehead atoms. The second-order valence-corrected chi connectivity index (χ2v) is 5.31. The second-order valence-electron chi connectivity index (χ2n) is 5.31. The summed E-state index contributed by atoms with van der Waals surface area (Å²) in [5, 5.41) is 10.3. The maximum absolute atomic E-state index is 11.1. The van der Waals surface area contributed by atoms with Crippen molar-refractivity contribution < 1.29 is 24.1 Å². The lowest BCUT2D eigenvalue weighted by Crippen LogP contribution is -2.39. The highest BCUT2D eigenvalue weighted by atomic mass is 16.7. The highest BCUT2D eigenvalue weighted by Gasteiger charge is 2.30. The molecule has 0 rings (SSSR count). The zero-order chi connectivity index (χ0) is 16.0. The van der Waals surface area contributed by atoms with Crippen molar-refractivity contribution in [3.05, 3.63) is 0 Å². The first-order chi connectivity index (χ1) is 10.0. The summed E-state index contributed by atoms with van der Waals surface area (Å²) in [4.78, 5) is 11.1. The Morgan fingerprint density at radius 2 is 1.62 bits per heavy atom. The summed E-state index contributed by atoms with van der Waals surface area (Å²) in [5.74, 6) is -2.00. The van der Waals surface area contributed by atoms with Crippen LogP contribution in [0.25, 0.3) is 0 Å². The molecule has 0 aliphatic carbocycles. The molecule has 0 aliphatic rings. The maximum Gasteiger partial charge on any atom is 0.305 e. The molecule has 5 heteroatoms. The number of carbonyl (C=O) groups is 1. The zero-order valence-electron chi connectivity index (χ0n) is 13.9. The molecule has 0 radical (unpaired) electrons. The van der Waals surface area contributed by atoms with Gasteiger partial charge in [0.15, 0.2) is 0 Å². The summed E-state index contributed by atoms with van der Waals surface area (Å²) in [6, 6.07) is 0. The van der Waals surface area contributed by atoms with Crippen LogP contribution < -0.4 is 0 Å². The molecular formula is C16H32O5. The first-order valence-electron chi connectivity index (χ1n) is 8.11. The Morgan fingerprint density at radius 3 is 2.24 bits per heavy atom. The van der Waals surface area contributed by atoms with Gasteiger partial charge in [-0.1, -0.05) is 39.0 Å². The lowest BCUT2D eigenvalue weighted by Gasteiger charge is -2.27. The SMILES string of the molecule is CCCCCCCCC(O)(COCCOCC)OC(C)=O. The minimum absolute atomic E-state index is 0.00534. The number of carbonyl (C=O) groups excluding carboxylic acids is 1. The Labute approximate surface area is 129 Å². The van der Waals surface area contributed by atoms with Gasteiger partial charge in [0.05, 0.1) is 13.2 Å². The predicted octanol–water partition coefficient (Wildman–Crippen LogP) is 3.04. The number of rotatable bonds is 14. The van der Waals surface area contributed by atoms with E-state index in [2.05, 4.69) is 6.92 Å². The fourth-order valence-electron chi connectivity index (χ4n) is 2.10. The average molecular weight is 304 g/mol. The van der Waals surface area contributed by atoms with Crippen LogP contribution in [0.1, 0.15) is 65.7 Å². The summed E-state index contributed by atoms with van der Waals surface area (Å²) in [7, 11) is 0. The van der Waals surface area contributed by atoms with E-state index in [0.717, 1.165) is 19.3 Å². The number of hydrogen-bond donors (Lipinski definition) is 1. The highest BCUT2D eigenvalue weighted by molar-refractivity contribution is 5.66. The van der Waals surface area contributed by atoms with Gasteiger partial charge >= 0.3 is 5.97 Å². The standard InChI is InChI=1S/C16H32O5/c1-4-6-7-8-9-10-11-16(18,21-15(3)17)14-20-13-12-19-5-2/h18H,4-14H2,1-3H3. The van der Waals surface area contributed by atoms with Crippen molar-refractivity contribution in [1.82, 2.24) is 0 Å². The normalized spacial score (nSPS) is 13.9. The van der Waals surface area contributed by atoms with Crippen molar-refractivity contribution in [2.45, 2.75) is 71.5 Å². The van der Waals surface area contributed by atoms with Gasteiger partial charge in [-0.3, -0.25) is 4.79 Å². The molecule has 21 heavy (non-hydrogen) atoms. The Balaban J connectivity index is 3.95. The first kappa shape index (κ1) is 20.3. The fraction of sp³-hybridized carbons (Fsp3) is 0.938. The van der Waals surface area contributed by atoms with E-state index in [4.69, 9.17) is 14.2 Å². The monoisotopic (exact) mass is 304 g/mol. The Kier molecular flexibility index (Phi) is 12.6. The van der Waals surface area contributed by atoms with Crippen LogP contribution >= 0.6 is 0 Å². The summed E-state index contributed by atoms with van der Waals surface area (Å²) in [5.41, 5.74) is 0. The smallest absolute Gasteiger partial charge is 0.305 e. The molecule has 0 fully saturated rings. The van der Waals surface area contributed by atoms with E-state index in [1.807, 2.05) is 6.92 Å². The molecule has 1 atom stereocenters. The molecule has 5 nitrogen and oxygen atoms in total. The molecule has 126 valence electrons. The van der Waals surface area contributed by atoms with E-state index in [9.17, 15) is 9.90 Å². The Bertz CT molecular complexity index is 257. The Hall–Kier alpha value is -0.650. The molecule has 0 aromatic carbocycles. The third-order valence-corrected chi connectivity index (χ3v) is 3.16. The van der Waals surface area contributed by atoms with Gasteiger partial charge in [-0.15, -0.1) is 0 Å². The second kappa shape index (κ2) is 13.0. The topological polar surface area (TPSA) is 65.0 Å². The minimum Gasteiger partial charge on any atom is -0.431 e. The largest absolute Gasteiger partial charge is 0.431 e. The molecule has 0 aromatic rings. The summed E-state index contributed by atoms with van der Waals surface area (Å²) in [6.07, 6.45) is 7.08. The molecular weight excluding hydrogens is 272 g/mol. The van der Waals surface area contributed by atoms with Crippen molar-refractivity contribution in [1.29, 1.82) is 0 Å². The van der Waals surface area contributed by atoms with Crippen molar-refractivity contribution in [2.75, 3.05) is 26.4 Å². The van der Waals surface area contributed by atoms with Crippen molar-refractivity contribution in [3.63, 3.8) is 0 Å². The molecule has 0 amide bonds. The van der Waals surface area contributed by atoms with Gasteiger partial charge in [-0.05, 0) is 13.3 Å². The number of unbranched alkanes of at least 4 members (excludes halogenated alkanes) is 5. The van der Waals surface area contributed by atoms with Crippen LogP contribution in [0.5, 0.6) is 0 Å². The lowest BCUT2D eigenvalue weighted by molar-refractivity contribution is -0.231. The van der Waals surface area contributed by atoms with E-state index < -0.39 is 11.8 Å².